The Balaban J connectivity index is 1.55. The van der Waals surface area contributed by atoms with Gasteiger partial charge < -0.3 is 9.26 Å². The fraction of sp³-hybridized carbons (Fsp3) is 0.667. The van der Waals surface area contributed by atoms with Gasteiger partial charge in [0.15, 0.2) is 5.82 Å². The fourth-order valence-corrected chi connectivity index (χ4v) is 3.68. The molecule has 0 amide bonds. The van der Waals surface area contributed by atoms with Crippen LogP contribution < -0.4 is 0 Å². The summed E-state index contributed by atoms with van der Waals surface area (Å²) in [5, 5.41) is 8.20. The van der Waals surface area contributed by atoms with Crippen LogP contribution in [0, 0.1) is 6.92 Å². The summed E-state index contributed by atoms with van der Waals surface area (Å²) < 4.78 is 13.2. The van der Waals surface area contributed by atoms with Crippen LogP contribution in [0.25, 0.3) is 0 Å². The van der Waals surface area contributed by atoms with E-state index in [0.29, 0.717) is 11.9 Å². The predicted molar refractivity (Wildman–Crippen MR) is 78.2 cm³/mol. The van der Waals surface area contributed by atoms with E-state index in [1.54, 1.807) is 0 Å². The van der Waals surface area contributed by atoms with Gasteiger partial charge in [0.25, 0.3) is 0 Å². The van der Waals surface area contributed by atoms with Gasteiger partial charge in [-0.3, -0.25) is 9.58 Å². The number of aryl methyl sites for hydroxylation is 2. The first-order valence-corrected chi connectivity index (χ1v) is 7.82. The van der Waals surface area contributed by atoms with E-state index in [2.05, 4.69) is 26.3 Å². The molecule has 2 aromatic heterocycles. The predicted octanol–water partition coefficient (Wildman–Crippen LogP) is 1.26. The molecule has 0 spiro atoms. The Morgan fingerprint density at radius 2 is 2.32 bits per heavy atom. The zero-order valence-corrected chi connectivity index (χ0v) is 13.0. The maximum atomic E-state index is 5.94. The molecule has 118 valence electrons. The highest BCUT2D eigenvalue weighted by atomic mass is 16.5. The van der Waals surface area contributed by atoms with Crippen molar-refractivity contribution < 1.29 is 9.26 Å². The minimum Gasteiger partial charge on any atom is -0.377 e. The zero-order valence-electron chi connectivity index (χ0n) is 13.0. The van der Waals surface area contributed by atoms with Crippen LogP contribution in [0.15, 0.2) is 16.9 Å². The second kappa shape index (κ2) is 5.48. The molecular formula is C15H21N5O2. The van der Waals surface area contributed by atoms with Crippen LogP contribution in [-0.4, -0.2) is 50.1 Å². The van der Waals surface area contributed by atoms with Crippen molar-refractivity contribution in [2.45, 2.75) is 44.4 Å². The van der Waals surface area contributed by atoms with E-state index in [0.717, 1.165) is 38.4 Å². The van der Waals surface area contributed by atoms with Gasteiger partial charge in [-0.05, 0) is 19.8 Å². The van der Waals surface area contributed by atoms with E-state index >= 15 is 0 Å². The van der Waals surface area contributed by atoms with E-state index in [-0.39, 0.29) is 12.0 Å². The van der Waals surface area contributed by atoms with Crippen LogP contribution in [0.1, 0.15) is 36.0 Å². The molecule has 3 atom stereocenters. The van der Waals surface area contributed by atoms with Gasteiger partial charge in [-0.25, -0.2) is 0 Å². The van der Waals surface area contributed by atoms with Crippen LogP contribution >= 0.6 is 0 Å². The molecule has 7 nitrogen and oxygen atoms in total. The number of nitrogens with zero attached hydrogens (tertiary/aromatic N) is 5. The smallest absolute Gasteiger partial charge is 0.231 e. The van der Waals surface area contributed by atoms with Gasteiger partial charge >= 0.3 is 0 Å². The molecule has 7 heteroatoms. The van der Waals surface area contributed by atoms with E-state index in [9.17, 15) is 0 Å². The van der Waals surface area contributed by atoms with Gasteiger partial charge in [0.2, 0.25) is 5.89 Å². The van der Waals surface area contributed by atoms with Crippen molar-refractivity contribution in [3.8, 4) is 0 Å². The van der Waals surface area contributed by atoms with Crippen LogP contribution in [0.3, 0.4) is 0 Å². The highest BCUT2D eigenvalue weighted by Gasteiger charge is 2.42. The summed E-state index contributed by atoms with van der Waals surface area (Å²) in [5.41, 5.74) is 1.23. The molecule has 4 heterocycles. The van der Waals surface area contributed by atoms with Crippen LogP contribution in [0.2, 0.25) is 0 Å². The molecular weight excluding hydrogens is 282 g/mol. The van der Waals surface area contributed by atoms with Crippen LogP contribution in [0.5, 0.6) is 0 Å². The maximum absolute atomic E-state index is 5.94. The van der Waals surface area contributed by atoms with Gasteiger partial charge in [-0.2, -0.15) is 10.1 Å². The van der Waals surface area contributed by atoms with Crippen molar-refractivity contribution in [2.24, 2.45) is 7.05 Å². The number of hydrogen-bond acceptors (Lipinski definition) is 6. The van der Waals surface area contributed by atoms with Gasteiger partial charge in [0, 0.05) is 44.5 Å². The van der Waals surface area contributed by atoms with Crippen molar-refractivity contribution in [1.82, 2.24) is 24.8 Å². The molecule has 0 radical (unpaired) electrons. The summed E-state index contributed by atoms with van der Waals surface area (Å²) in [5.74, 6) is 1.68. The Hall–Kier alpha value is -1.73. The molecule has 2 fully saturated rings. The summed E-state index contributed by atoms with van der Waals surface area (Å²) in [4.78, 5) is 6.91. The average Bonchev–Trinajstić information content (AvgIpc) is 3.20. The van der Waals surface area contributed by atoms with Crippen LogP contribution in [-0.2, 0) is 18.3 Å². The number of fused-ring (bicyclic) bond motifs is 1. The topological polar surface area (TPSA) is 69.2 Å². The number of hydrogen-bond donors (Lipinski definition) is 0. The fourth-order valence-electron chi connectivity index (χ4n) is 3.68. The highest BCUT2D eigenvalue weighted by Crippen LogP contribution is 2.36. The first-order valence-electron chi connectivity index (χ1n) is 7.82. The van der Waals surface area contributed by atoms with Gasteiger partial charge in [0.05, 0.1) is 18.2 Å². The van der Waals surface area contributed by atoms with Crippen molar-refractivity contribution in [1.29, 1.82) is 0 Å². The zero-order chi connectivity index (χ0) is 15.1. The molecule has 0 aliphatic carbocycles. The second-order valence-electron chi connectivity index (χ2n) is 6.33. The highest BCUT2D eigenvalue weighted by molar-refractivity contribution is 5.08. The van der Waals surface area contributed by atoms with E-state index in [4.69, 9.17) is 9.26 Å². The average molecular weight is 303 g/mol. The standard InChI is InChI=1S/C15H21N5O2/c1-10-17-15(22-18-10)12-5-14-13(3-4-21-14)20(9-12)8-11-6-16-19(2)7-11/h6-7,12-14H,3-5,8-9H2,1-2H3/t12-,13+,14+/m0/s1. The molecule has 0 unspecified atom stereocenters. The molecule has 0 aromatic carbocycles. The lowest BCUT2D eigenvalue weighted by atomic mass is 9.89. The summed E-state index contributed by atoms with van der Waals surface area (Å²) in [6.45, 7) is 4.52. The number of rotatable bonds is 3. The van der Waals surface area contributed by atoms with Crippen molar-refractivity contribution >= 4 is 0 Å². The van der Waals surface area contributed by atoms with Gasteiger partial charge in [0.1, 0.15) is 0 Å². The molecule has 2 aromatic rings. The minimum atomic E-state index is 0.247. The first-order chi connectivity index (χ1) is 10.7. The lowest BCUT2D eigenvalue weighted by Crippen LogP contribution is -2.48. The molecule has 0 saturated carbocycles. The Morgan fingerprint density at radius 3 is 3.05 bits per heavy atom. The molecule has 0 bridgehead atoms. The normalized spacial score (nSPS) is 28.9. The largest absolute Gasteiger partial charge is 0.377 e. The third-order valence-corrected chi connectivity index (χ3v) is 4.65. The third-order valence-electron chi connectivity index (χ3n) is 4.65. The molecule has 0 N–H and O–H groups in total. The molecule has 22 heavy (non-hydrogen) atoms. The van der Waals surface area contributed by atoms with E-state index in [1.807, 2.05) is 24.9 Å². The van der Waals surface area contributed by atoms with Crippen molar-refractivity contribution in [2.75, 3.05) is 13.2 Å². The van der Waals surface area contributed by atoms with E-state index in [1.165, 1.54) is 5.56 Å². The minimum absolute atomic E-state index is 0.247. The number of aromatic nitrogens is 4. The van der Waals surface area contributed by atoms with Crippen molar-refractivity contribution in [3.05, 3.63) is 29.7 Å². The quantitative estimate of drug-likeness (QED) is 0.850. The Bertz CT molecular complexity index is 652. The molecule has 2 aliphatic rings. The lowest BCUT2D eigenvalue weighted by Gasteiger charge is -2.39. The Morgan fingerprint density at radius 1 is 1.41 bits per heavy atom. The summed E-state index contributed by atoms with van der Waals surface area (Å²) in [7, 11) is 1.95. The summed E-state index contributed by atoms with van der Waals surface area (Å²) >= 11 is 0. The van der Waals surface area contributed by atoms with Crippen LogP contribution in [0.4, 0.5) is 0 Å². The van der Waals surface area contributed by atoms with E-state index < -0.39 is 0 Å². The summed E-state index contributed by atoms with van der Waals surface area (Å²) in [6, 6.07) is 0.487. The first kappa shape index (κ1) is 13.9. The Labute approximate surface area is 129 Å². The molecule has 2 aliphatic heterocycles. The summed E-state index contributed by atoms with van der Waals surface area (Å²) in [6.07, 6.45) is 6.34. The molecule has 4 rings (SSSR count). The number of ether oxygens (including phenoxy) is 1. The van der Waals surface area contributed by atoms with Gasteiger partial charge in [-0.1, -0.05) is 5.16 Å². The lowest BCUT2D eigenvalue weighted by molar-refractivity contribution is 0.00846. The van der Waals surface area contributed by atoms with Gasteiger partial charge in [-0.15, -0.1) is 0 Å². The maximum Gasteiger partial charge on any atom is 0.231 e. The van der Waals surface area contributed by atoms with Crippen molar-refractivity contribution in [3.63, 3.8) is 0 Å². The second-order valence-corrected chi connectivity index (χ2v) is 6.33. The SMILES string of the molecule is Cc1noc([C@H]2C[C@H]3OCC[C@H]3N(Cc3cnn(C)c3)C2)n1. The third kappa shape index (κ3) is 2.55. The number of likely N-dealkylation sites (tertiary alicyclic amines) is 1. The monoisotopic (exact) mass is 303 g/mol. The Kier molecular flexibility index (Phi) is 3.46. The number of piperidine rings is 1. The molecule has 2 saturated heterocycles.